The van der Waals surface area contributed by atoms with Crippen molar-refractivity contribution in [2.45, 2.75) is 0 Å². The smallest absolute Gasteiger partial charge is 0.337 e. The van der Waals surface area contributed by atoms with Crippen molar-refractivity contribution in [2.24, 2.45) is 0 Å². The number of carboxylic acid groups (broad SMARTS) is 1. The lowest BCUT2D eigenvalue weighted by atomic mass is 10.2. The van der Waals surface area contributed by atoms with E-state index in [4.69, 9.17) is 21.1 Å². The summed E-state index contributed by atoms with van der Waals surface area (Å²) in [5.74, 6) is -0.438. The van der Waals surface area contributed by atoms with Crippen molar-refractivity contribution in [3.63, 3.8) is 0 Å². The van der Waals surface area contributed by atoms with E-state index in [2.05, 4.69) is 10.3 Å². The van der Waals surface area contributed by atoms with E-state index in [0.29, 0.717) is 11.5 Å². The van der Waals surface area contributed by atoms with Crippen molar-refractivity contribution in [2.75, 3.05) is 5.32 Å². The average Bonchev–Trinajstić information content (AvgIpc) is 2.87. The first-order valence-electron chi connectivity index (χ1n) is 5.77. The molecule has 0 saturated carbocycles. The van der Waals surface area contributed by atoms with E-state index in [1.165, 1.54) is 6.07 Å². The Morgan fingerprint density at radius 2 is 2.15 bits per heavy atom. The number of hydrogen-bond acceptors (Lipinski definition) is 4. The topological polar surface area (TPSA) is 75.4 Å². The highest BCUT2D eigenvalue weighted by molar-refractivity contribution is 6.33. The number of fused-ring (bicyclic) bond motifs is 1. The maximum atomic E-state index is 10.9. The van der Waals surface area contributed by atoms with Gasteiger partial charge in [0.15, 0.2) is 0 Å². The van der Waals surface area contributed by atoms with Crippen LogP contribution in [0.25, 0.3) is 11.0 Å². The lowest BCUT2D eigenvalue weighted by Gasteiger charge is -2.07. The number of carbonyl (C=O) groups is 1. The first-order chi connectivity index (χ1) is 9.65. The van der Waals surface area contributed by atoms with Gasteiger partial charge in [0.05, 0.1) is 22.2 Å². The highest BCUT2D eigenvalue weighted by Crippen LogP contribution is 2.27. The van der Waals surface area contributed by atoms with Crippen LogP contribution < -0.4 is 5.32 Å². The van der Waals surface area contributed by atoms with Crippen LogP contribution in [0.2, 0.25) is 5.02 Å². The fraction of sp³-hybridized carbons (Fsp3) is 0. The molecule has 0 bridgehead atoms. The van der Waals surface area contributed by atoms with E-state index < -0.39 is 5.97 Å². The van der Waals surface area contributed by atoms with E-state index in [1.807, 2.05) is 0 Å². The standard InChI is InChI=1S/C14H9ClN2O3/c15-11-7-8(1-2-9(11)14(18)19)17-13-10-4-6-20-12(10)3-5-16-13/h1-7H,(H,16,17)(H,18,19). The second-order valence-corrected chi connectivity index (χ2v) is 4.52. The summed E-state index contributed by atoms with van der Waals surface area (Å²) in [4.78, 5) is 15.1. The van der Waals surface area contributed by atoms with E-state index in [1.54, 1.807) is 36.7 Å². The van der Waals surface area contributed by atoms with Gasteiger partial charge in [-0.2, -0.15) is 0 Å². The van der Waals surface area contributed by atoms with Gasteiger partial charge in [-0.25, -0.2) is 9.78 Å². The van der Waals surface area contributed by atoms with Gasteiger partial charge in [0, 0.05) is 11.9 Å². The van der Waals surface area contributed by atoms with Gasteiger partial charge in [0.1, 0.15) is 11.4 Å². The van der Waals surface area contributed by atoms with Gasteiger partial charge in [0.25, 0.3) is 0 Å². The second kappa shape index (κ2) is 4.86. The monoisotopic (exact) mass is 288 g/mol. The molecule has 0 unspecified atom stereocenters. The third-order valence-electron chi connectivity index (χ3n) is 2.84. The third kappa shape index (κ3) is 2.19. The second-order valence-electron chi connectivity index (χ2n) is 4.12. The number of furan rings is 1. The molecule has 5 nitrogen and oxygen atoms in total. The molecule has 0 saturated heterocycles. The van der Waals surface area contributed by atoms with Crippen molar-refractivity contribution in [1.82, 2.24) is 4.98 Å². The minimum atomic E-state index is -1.06. The molecule has 6 heteroatoms. The molecule has 0 amide bonds. The zero-order valence-corrected chi connectivity index (χ0v) is 10.9. The maximum absolute atomic E-state index is 10.9. The van der Waals surface area contributed by atoms with Gasteiger partial charge in [-0.05, 0) is 30.3 Å². The number of aromatic nitrogens is 1. The van der Waals surface area contributed by atoms with Crippen LogP contribution in [-0.2, 0) is 0 Å². The molecule has 0 spiro atoms. The molecule has 0 fully saturated rings. The molecule has 0 aliphatic rings. The Bertz CT molecular complexity index is 798. The molecule has 3 aromatic rings. The summed E-state index contributed by atoms with van der Waals surface area (Å²) in [6.45, 7) is 0. The number of hydrogen-bond donors (Lipinski definition) is 2. The maximum Gasteiger partial charge on any atom is 0.337 e. The highest BCUT2D eigenvalue weighted by atomic mass is 35.5. The Morgan fingerprint density at radius 1 is 1.30 bits per heavy atom. The molecule has 0 aliphatic carbocycles. The van der Waals surface area contributed by atoms with Crippen molar-refractivity contribution in [1.29, 1.82) is 0 Å². The summed E-state index contributed by atoms with van der Waals surface area (Å²) in [5, 5.41) is 13.0. The predicted octanol–water partition coefficient (Wildman–Crippen LogP) is 3.92. The van der Waals surface area contributed by atoms with Crippen LogP contribution >= 0.6 is 11.6 Å². The van der Waals surface area contributed by atoms with Crippen LogP contribution in [-0.4, -0.2) is 16.1 Å². The number of anilines is 2. The number of aromatic carboxylic acids is 1. The molecule has 0 aliphatic heterocycles. The minimum absolute atomic E-state index is 0.0618. The van der Waals surface area contributed by atoms with Crippen LogP contribution in [0.15, 0.2) is 47.2 Å². The SMILES string of the molecule is O=C(O)c1ccc(Nc2nccc3occc23)cc1Cl. The Labute approximate surface area is 118 Å². The number of rotatable bonds is 3. The molecule has 2 aromatic heterocycles. The normalized spacial score (nSPS) is 10.7. The number of benzene rings is 1. The summed E-state index contributed by atoms with van der Waals surface area (Å²) in [7, 11) is 0. The molecule has 2 heterocycles. The molecule has 100 valence electrons. The lowest BCUT2D eigenvalue weighted by Crippen LogP contribution is -1.99. The number of nitrogens with one attached hydrogen (secondary N) is 1. The van der Waals surface area contributed by atoms with Crippen LogP contribution in [0.1, 0.15) is 10.4 Å². The van der Waals surface area contributed by atoms with Crippen molar-refractivity contribution in [3.05, 3.63) is 53.4 Å². The summed E-state index contributed by atoms with van der Waals surface area (Å²) < 4.78 is 5.29. The average molecular weight is 289 g/mol. The van der Waals surface area contributed by atoms with Crippen molar-refractivity contribution in [3.8, 4) is 0 Å². The van der Waals surface area contributed by atoms with E-state index >= 15 is 0 Å². The van der Waals surface area contributed by atoms with Crippen LogP contribution in [0, 0.1) is 0 Å². The van der Waals surface area contributed by atoms with Gasteiger partial charge >= 0.3 is 5.97 Å². The fourth-order valence-electron chi connectivity index (χ4n) is 1.90. The molecule has 0 atom stereocenters. The summed E-state index contributed by atoms with van der Waals surface area (Å²) in [6.07, 6.45) is 3.21. The third-order valence-corrected chi connectivity index (χ3v) is 3.15. The van der Waals surface area contributed by atoms with Gasteiger partial charge in [0.2, 0.25) is 0 Å². The Morgan fingerprint density at radius 3 is 2.90 bits per heavy atom. The summed E-state index contributed by atoms with van der Waals surface area (Å²) >= 11 is 5.93. The van der Waals surface area contributed by atoms with Crippen LogP contribution in [0.4, 0.5) is 11.5 Å². The molecule has 20 heavy (non-hydrogen) atoms. The molecular formula is C14H9ClN2O3. The quantitative estimate of drug-likeness (QED) is 0.764. The van der Waals surface area contributed by atoms with Gasteiger partial charge in [-0.3, -0.25) is 0 Å². The first kappa shape index (κ1) is 12.5. The molecule has 1 aromatic carbocycles. The van der Waals surface area contributed by atoms with E-state index in [9.17, 15) is 4.79 Å². The fourth-order valence-corrected chi connectivity index (χ4v) is 2.16. The van der Waals surface area contributed by atoms with Gasteiger partial charge in [-0.15, -0.1) is 0 Å². The Hall–Kier alpha value is -2.53. The van der Waals surface area contributed by atoms with E-state index in [-0.39, 0.29) is 10.6 Å². The highest BCUT2D eigenvalue weighted by Gasteiger charge is 2.10. The van der Waals surface area contributed by atoms with Crippen LogP contribution in [0.3, 0.4) is 0 Å². The zero-order chi connectivity index (χ0) is 14.1. The number of carboxylic acids is 1. The molecule has 3 rings (SSSR count). The zero-order valence-electron chi connectivity index (χ0n) is 10.1. The molecular weight excluding hydrogens is 280 g/mol. The summed E-state index contributed by atoms with van der Waals surface area (Å²) in [6, 6.07) is 8.20. The molecule has 0 radical (unpaired) electrons. The van der Waals surface area contributed by atoms with Gasteiger partial charge in [-0.1, -0.05) is 11.6 Å². The largest absolute Gasteiger partial charge is 0.478 e. The first-order valence-corrected chi connectivity index (χ1v) is 6.15. The minimum Gasteiger partial charge on any atom is -0.478 e. The van der Waals surface area contributed by atoms with Crippen molar-refractivity contribution >= 4 is 40.0 Å². The number of halogens is 1. The summed E-state index contributed by atoms with van der Waals surface area (Å²) in [5.41, 5.74) is 1.43. The Balaban J connectivity index is 1.97. The molecule has 2 N–H and O–H groups in total. The van der Waals surface area contributed by atoms with E-state index in [0.717, 1.165) is 11.0 Å². The van der Waals surface area contributed by atoms with Crippen LogP contribution in [0.5, 0.6) is 0 Å². The number of pyridine rings is 1. The van der Waals surface area contributed by atoms with Gasteiger partial charge < -0.3 is 14.8 Å². The predicted molar refractivity (Wildman–Crippen MR) is 75.7 cm³/mol. The van der Waals surface area contributed by atoms with Crippen molar-refractivity contribution < 1.29 is 14.3 Å². The Kier molecular flexibility index (Phi) is 3.04. The number of nitrogens with zero attached hydrogens (tertiary/aromatic N) is 1. The lowest BCUT2D eigenvalue weighted by molar-refractivity contribution is 0.0697.